The summed E-state index contributed by atoms with van der Waals surface area (Å²) in [6.07, 6.45) is 0.763. The molecule has 2 N–H and O–H groups in total. The van der Waals surface area contributed by atoms with E-state index in [1.165, 1.54) is 0 Å². The Morgan fingerprint density at radius 3 is 2.95 bits per heavy atom. The fourth-order valence-corrected chi connectivity index (χ4v) is 2.45. The molecule has 1 aliphatic heterocycles. The van der Waals surface area contributed by atoms with Gasteiger partial charge in [-0.05, 0) is 34.1 Å². The zero-order chi connectivity index (χ0) is 13.4. The molecule has 1 aliphatic rings. The number of benzene rings is 1. The van der Waals surface area contributed by atoms with E-state index in [-0.39, 0.29) is 0 Å². The first kappa shape index (κ1) is 12.8. The molecule has 0 fully saturated rings. The average molecular weight is 341 g/mol. The monoisotopic (exact) mass is 339 g/mol. The van der Waals surface area contributed by atoms with Crippen LogP contribution in [0.3, 0.4) is 0 Å². The Labute approximate surface area is 124 Å². The van der Waals surface area contributed by atoms with E-state index in [9.17, 15) is 0 Å². The Hall–Kier alpha value is -1.17. The summed E-state index contributed by atoms with van der Waals surface area (Å²) in [6.45, 7) is 1.16. The molecule has 1 aromatic carbocycles. The largest absolute Gasteiger partial charge is 0.383 e. The van der Waals surface area contributed by atoms with Crippen LogP contribution in [-0.4, -0.2) is 16.6 Å². The lowest BCUT2D eigenvalue weighted by molar-refractivity contribution is 0.109. The average Bonchev–Trinajstić information content (AvgIpc) is 2.42. The SMILES string of the molecule is Nc1nc(-c2ccc(Br)c(Cl)c2)nc2c1COCC2. The lowest BCUT2D eigenvalue weighted by atomic mass is 10.1. The minimum Gasteiger partial charge on any atom is -0.383 e. The first-order valence-corrected chi connectivity index (χ1v) is 7.00. The Morgan fingerprint density at radius 1 is 1.32 bits per heavy atom. The van der Waals surface area contributed by atoms with Crippen LogP contribution in [0.1, 0.15) is 11.3 Å². The van der Waals surface area contributed by atoms with Crippen molar-refractivity contribution in [2.75, 3.05) is 12.3 Å². The third-order valence-electron chi connectivity index (χ3n) is 3.03. The number of anilines is 1. The molecular weight excluding hydrogens is 330 g/mol. The molecule has 4 nitrogen and oxygen atoms in total. The Kier molecular flexibility index (Phi) is 3.43. The van der Waals surface area contributed by atoms with Gasteiger partial charge in [0.1, 0.15) is 5.82 Å². The maximum atomic E-state index is 6.09. The van der Waals surface area contributed by atoms with Gasteiger partial charge < -0.3 is 10.5 Å². The topological polar surface area (TPSA) is 61.0 Å². The third-order valence-corrected chi connectivity index (χ3v) is 4.26. The number of halogens is 2. The molecule has 0 bridgehead atoms. The zero-order valence-electron chi connectivity index (χ0n) is 9.99. The second kappa shape index (κ2) is 5.07. The van der Waals surface area contributed by atoms with Crippen molar-refractivity contribution in [1.82, 2.24) is 9.97 Å². The maximum Gasteiger partial charge on any atom is 0.161 e. The Balaban J connectivity index is 2.10. The fourth-order valence-electron chi connectivity index (χ4n) is 2.02. The van der Waals surface area contributed by atoms with Crippen molar-refractivity contribution < 1.29 is 4.74 Å². The molecule has 0 atom stereocenters. The van der Waals surface area contributed by atoms with E-state index in [1.807, 2.05) is 18.2 Å². The summed E-state index contributed by atoms with van der Waals surface area (Å²) in [5.74, 6) is 1.09. The highest BCUT2D eigenvalue weighted by Crippen LogP contribution is 2.29. The molecule has 1 aromatic heterocycles. The van der Waals surface area contributed by atoms with Gasteiger partial charge in [0.05, 0.1) is 23.9 Å². The van der Waals surface area contributed by atoms with E-state index >= 15 is 0 Å². The van der Waals surface area contributed by atoms with E-state index in [4.69, 9.17) is 22.1 Å². The summed E-state index contributed by atoms with van der Waals surface area (Å²) >= 11 is 9.46. The molecule has 0 unspecified atom stereocenters. The summed E-state index contributed by atoms with van der Waals surface area (Å²) in [5, 5.41) is 0.626. The first-order chi connectivity index (χ1) is 9.15. The number of aromatic nitrogens is 2. The highest BCUT2D eigenvalue weighted by atomic mass is 79.9. The number of hydrogen-bond donors (Lipinski definition) is 1. The number of hydrogen-bond acceptors (Lipinski definition) is 4. The predicted octanol–water partition coefficient (Wildman–Crippen LogP) is 3.21. The molecule has 19 heavy (non-hydrogen) atoms. The van der Waals surface area contributed by atoms with Gasteiger partial charge >= 0.3 is 0 Å². The molecule has 0 saturated carbocycles. The van der Waals surface area contributed by atoms with Gasteiger partial charge in [-0.3, -0.25) is 0 Å². The molecule has 3 rings (SSSR count). The van der Waals surface area contributed by atoms with E-state index in [0.29, 0.717) is 29.9 Å². The number of ether oxygens (including phenoxy) is 1. The number of rotatable bonds is 1. The van der Waals surface area contributed by atoms with E-state index in [0.717, 1.165) is 27.7 Å². The van der Waals surface area contributed by atoms with Gasteiger partial charge in [-0.15, -0.1) is 0 Å². The van der Waals surface area contributed by atoms with Gasteiger partial charge in [-0.1, -0.05) is 11.6 Å². The van der Waals surface area contributed by atoms with Crippen LogP contribution in [0, 0.1) is 0 Å². The van der Waals surface area contributed by atoms with Crippen molar-refractivity contribution in [1.29, 1.82) is 0 Å². The van der Waals surface area contributed by atoms with Crippen molar-refractivity contribution in [3.8, 4) is 11.4 Å². The smallest absolute Gasteiger partial charge is 0.161 e. The van der Waals surface area contributed by atoms with Crippen molar-refractivity contribution >= 4 is 33.3 Å². The molecule has 98 valence electrons. The number of nitrogen functional groups attached to an aromatic ring is 1. The van der Waals surface area contributed by atoms with Gasteiger partial charge in [0, 0.05) is 22.0 Å². The van der Waals surface area contributed by atoms with Gasteiger partial charge in [0.15, 0.2) is 5.82 Å². The first-order valence-electron chi connectivity index (χ1n) is 5.83. The van der Waals surface area contributed by atoms with Gasteiger partial charge in [0.25, 0.3) is 0 Å². The van der Waals surface area contributed by atoms with Crippen LogP contribution in [-0.2, 0) is 17.8 Å². The molecule has 6 heteroatoms. The van der Waals surface area contributed by atoms with Crippen LogP contribution in [0.4, 0.5) is 5.82 Å². The summed E-state index contributed by atoms with van der Waals surface area (Å²) in [6, 6.07) is 5.61. The molecule has 2 aromatic rings. The quantitative estimate of drug-likeness (QED) is 0.866. The van der Waals surface area contributed by atoms with Gasteiger partial charge in [-0.2, -0.15) is 0 Å². The third kappa shape index (κ3) is 2.45. The van der Waals surface area contributed by atoms with Crippen LogP contribution in [0.15, 0.2) is 22.7 Å². The normalized spacial score (nSPS) is 14.2. The van der Waals surface area contributed by atoms with E-state index < -0.39 is 0 Å². The van der Waals surface area contributed by atoms with Crippen LogP contribution >= 0.6 is 27.5 Å². The molecule has 0 saturated heterocycles. The van der Waals surface area contributed by atoms with Gasteiger partial charge in [0.2, 0.25) is 0 Å². The highest BCUT2D eigenvalue weighted by Gasteiger charge is 2.17. The summed E-state index contributed by atoms with van der Waals surface area (Å²) in [4.78, 5) is 8.91. The molecular formula is C13H11BrClN3O. The predicted molar refractivity (Wildman–Crippen MR) is 78.0 cm³/mol. The van der Waals surface area contributed by atoms with Crippen LogP contribution in [0.5, 0.6) is 0 Å². The van der Waals surface area contributed by atoms with Crippen molar-refractivity contribution in [2.45, 2.75) is 13.0 Å². The van der Waals surface area contributed by atoms with E-state index in [2.05, 4.69) is 25.9 Å². The Bertz CT molecular complexity index is 648. The highest BCUT2D eigenvalue weighted by molar-refractivity contribution is 9.10. The second-order valence-corrected chi connectivity index (χ2v) is 5.55. The number of fused-ring (bicyclic) bond motifs is 1. The van der Waals surface area contributed by atoms with Crippen LogP contribution in [0.25, 0.3) is 11.4 Å². The summed E-state index contributed by atoms with van der Waals surface area (Å²) < 4.78 is 6.21. The standard InChI is InChI=1S/C13H11BrClN3O/c14-9-2-1-7(5-10(9)15)13-17-11-3-4-19-6-8(11)12(16)18-13/h1-2,5H,3-4,6H2,(H2,16,17,18). The van der Waals surface area contributed by atoms with Crippen molar-refractivity contribution in [3.63, 3.8) is 0 Å². The lowest BCUT2D eigenvalue weighted by Crippen LogP contribution is -2.16. The molecule has 0 amide bonds. The fraction of sp³-hybridized carbons (Fsp3) is 0.231. The molecule has 0 aliphatic carbocycles. The maximum absolute atomic E-state index is 6.09. The van der Waals surface area contributed by atoms with Crippen molar-refractivity contribution in [3.05, 3.63) is 39.0 Å². The molecule has 0 spiro atoms. The summed E-state index contributed by atoms with van der Waals surface area (Å²) in [7, 11) is 0. The van der Waals surface area contributed by atoms with Crippen molar-refractivity contribution in [2.24, 2.45) is 0 Å². The molecule has 0 radical (unpaired) electrons. The minimum absolute atomic E-state index is 0.485. The summed E-state index contributed by atoms with van der Waals surface area (Å²) in [5.41, 5.74) is 8.70. The van der Waals surface area contributed by atoms with E-state index in [1.54, 1.807) is 0 Å². The zero-order valence-corrected chi connectivity index (χ0v) is 12.3. The number of nitrogens with zero attached hydrogens (tertiary/aromatic N) is 2. The minimum atomic E-state index is 0.485. The Morgan fingerprint density at radius 2 is 2.16 bits per heavy atom. The van der Waals surface area contributed by atoms with Gasteiger partial charge in [-0.25, -0.2) is 9.97 Å². The lowest BCUT2D eigenvalue weighted by Gasteiger charge is -2.17. The second-order valence-electron chi connectivity index (χ2n) is 4.29. The van der Waals surface area contributed by atoms with Crippen LogP contribution in [0.2, 0.25) is 5.02 Å². The number of nitrogens with two attached hydrogens (primary N) is 1. The molecule has 2 heterocycles. The van der Waals surface area contributed by atoms with Crippen LogP contribution < -0.4 is 5.73 Å².